The van der Waals surface area contributed by atoms with Crippen LogP contribution in [0.3, 0.4) is 0 Å². The number of nitrogens with zero attached hydrogens (tertiary/aromatic N) is 1. The summed E-state index contributed by atoms with van der Waals surface area (Å²) in [5.74, 6) is -0.0861. The van der Waals surface area contributed by atoms with E-state index in [0.29, 0.717) is 19.7 Å². The largest absolute Gasteiger partial charge is 0.385 e. The molecule has 2 rings (SSSR count). The molecule has 0 spiro atoms. The van der Waals surface area contributed by atoms with Crippen molar-refractivity contribution in [1.82, 2.24) is 10.6 Å². The molecule has 0 saturated carbocycles. The Hall–Kier alpha value is -2.08. The van der Waals surface area contributed by atoms with Crippen LogP contribution in [0.25, 0.3) is 0 Å². The molecule has 0 bridgehead atoms. The van der Waals surface area contributed by atoms with Gasteiger partial charge in [-0.3, -0.25) is 4.79 Å². The number of ether oxygens (including phenoxy) is 1. The highest BCUT2D eigenvalue weighted by molar-refractivity contribution is 6.00. The molecule has 0 aromatic heterocycles. The SMILES string of the molecule is COCCCNC(=O)NC(C)C(=O)N1CCc2ccccc21. The van der Waals surface area contributed by atoms with Crippen molar-refractivity contribution < 1.29 is 14.3 Å². The summed E-state index contributed by atoms with van der Waals surface area (Å²) in [6.07, 6.45) is 1.60. The Kier molecular flexibility index (Phi) is 5.77. The van der Waals surface area contributed by atoms with Gasteiger partial charge in [-0.2, -0.15) is 0 Å². The normalized spacial score (nSPS) is 14.4. The van der Waals surface area contributed by atoms with Crippen LogP contribution in [-0.2, 0) is 16.0 Å². The number of para-hydroxylation sites is 1. The van der Waals surface area contributed by atoms with Gasteiger partial charge in [0.2, 0.25) is 5.91 Å². The number of methoxy groups -OCH3 is 1. The number of hydrogen-bond donors (Lipinski definition) is 2. The summed E-state index contributed by atoms with van der Waals surface area (Å²) in [6.45, 7) is 3.49. The molecule has 1 aliphatic rings. The molecule has 120 valence electrons. The average molecular weight is 305 g/mol. The Labute approximate surface area is 130 Å². The van der Waals surface area contributed by atoms with Crippen molar-refractivity contribution in [1.29, 1.82) is 0 Å². The van der Waals surface area contributed by atoms with Crippen molar-refractivity contribution in [2.24, 2.45) is 0 Å². The molecular weight excluding hydrogens is 282 g/mol. The highest BCUT2D eigenvalue weighted by Gasteiger charge is 2.28. The first-order valence-electron chi connectivity index (χ1n) is 7.56. The zero-order chi connectivity index (χ0) is 15.9. The van der Waals surface area contributed by atoms with E-state index in [4.69, 9.17) is 4.74 Å². The second-order valence-corrected chi connectivity index (χ2v) is 5.34. The third kappa shape index (κ3) is 3.98. The van der Waals surface area contributed by atoms with Crippen LogP contribution in [0.4, 0.5) is 10.5 Å². The molecule has 2 N–H and O–H groups in total. The van der Waals surface area contributed by atoms with Crippen molar-refractivity contribution in [2.75, 3.05) is 31.7 Å². The number of urea groups is 1. The molecule has 1 aromatic rings. The maximum absolute atomic E-state index is 12.5. The van der Waals surface area contributed by atoms with Crippen LogP contribution in [-0.4, -0.2) is 44.8 Å². The Morgan fingerprint density at radius 2 is 2.14 bits per heavy atom. The number of nitrogens with one attached hydrogen (secondary N) is 2. The number of anilines is 1. The fourth-order valence-corrected chi connectivity index (χ4v) is 2.53. The molecular formula is C16H23N3O3. The molecule has 1 aliphatic heterocycles. The highest BCUT2D eigenvalue weighted by Crippen LogP contribution is 2.27. The number of carbonyl (C=O) groups is 2. The van der Waals surface area contributed by atoms with Crippen molar-refractivity contribution in [3.05, 3.63) is 29.8 Å². The zero-order valence-electron chi connectivity index (χ0n) is 13.1. The fourth-order valence-electron chi connectivity index (χ4n) is 2.53. The van der Waals surface area contributed by atoms with Crippen LogP contribution in [0, 0.1) is 0 Å². The van der Waals surface area contributed by atoms with Crippen molar-refractivity contribution in [3.8, 4) is 0 Å². The Morgan fingerprint density at radius 3 is 2.91 bits per heavy atom. The second-order valence-electron chi connectivity index (χ2n) is 5.34. The van der Waals surface area contributed by atoms with E-state index >= 15 is 0 Å². The Morgan fingerprint density at radius 1 is 1.36 bits per heavy atom. The smallest absolute Gasteiger partial charge is 0.315 e. The molecule has 0 radical (unpaired) electrons. The number of fused-ring (bicyclic) bond motifs is 1. The predicted octanol–water partition coefficient (Wildman–Crippen LogP) is 1.30. The topological polar surface area (TPSA) is 70.7 Å². The van der Waals surface area contributed by atoms with Gasteiger partial charge in [0, 0.05) is 32.5 Å². The summed E-state index contributed by atoms with van der Waals surface area (Å²) < 4.78 is 4.91. The molecule has 1 atom stereocenters. The molecule has 0 fully saturated rings. The van der Waals surface area contributed by atoms with Gasteiger partial charge >= 0.3 is 6.03 Å². The number of rotatable bonds is 6. The van der Waals surface area contributed by atoms with E-state index in [1.165, 1.54) is 5.56 Å². The zero-order valence-corrected chi connectivity index (χ0v) is 13.1. The minimum Gasteiger partial charge on any atom is -0.385 e. The van der Waals surface area contributed by atoms with Gasteiger partial charge in [0.05, 0.1) is 0 Å². The summed E-state index contributed by atoms with van der Waals surface area (Å²) in [6, 6.07) is 6.98. The minimum absolute atomic E-state index is 0.0861. The van der Waals surface area contributed by atoms with Gasteiger partial charge in [0.1, 0.15) is 6.04 Å². The number of carbonyl (C=O) groups excluding carboxylic acids is 2. The molecule has 1 heterocycles. The lowest BCUT2D eigenvalue weighted by Gasteiger charge is -2.22. The first kappa shape index (κ1) is 16.3. The summed E-state index contributed by atoms with van der Waals surface area (Å²) in [7, 11) is 1.62. The van der Waals surface area contributed by atoms with Crippen molar-refractivity contribution >= 4 is 17.6 Å². The quantitative estimate of drug-likeness (QED) is 0.778. The van der Waals surface area contributed by atoms with E-state index < -0.39 is 6.04 Å². The molecule has 0 aliphatic carbocycles. The van der Waals surface area contributed by atoms with Crippen LogP contribution < -0.4 is 15.5 Å². The highest BCUT2D eigenvalue weighted by atomic mass is 16.5. The summed E-state index contributed by atoms with van der Waals surface area (Å²) in [4.78, 5) is 26.0. The average Bonchev–Trinajstić information content (AvgIpc) is 2.94. The van der Waals surface area contributed by atoms with E-state index in [9.17, 15) is 9.59 Å². The van der Waals surface area contributed by atoms with Gasteiger partial charge in [0.15, 0.2) is 0 Å². The van der Waals surface area contributed by atoms with E-state index in [0.717, 1.165) is 18.5 Å². The van der Waals surface area contributed by atoms with E-state index in [2.05, 4.69) is 10.6 Å². The van der Waals surface area contributed by atoms with E-state index in [1.807, 2.05) is 24.3 Å². The van der Waals surface area contributed by atoms with Gasteiger partial charge in [-0.15, -0.1) is 0 Å². The Balaban J connectivity index is 1.84. The summed E-state index contributed by atoms with van der Waals surface area (Å²) >= 11 is 0. The van der Waals surface area contributed by atoms with Gasteiger partial charge in [-0.25, -0.2) is 4.79 Å². The fraction of sp³-hybridized carbons (Fsp3) is 0.500. The van der Waals surface area contributed by atoms with E-state index in [1.54, 1.807) is 18.9 Å². The second kappa shape index (κ2) is 7.79. The molecule has 6 nitrogen and oxygen atoms in total. The lowest BCUT2D eigenvalue weighted by molar-refractivity contribution is -0.119. The van der Waals surface area contributed by atoms with Gasteiger partial charge in [0.25, 0.3) is 0 Å². The number of hydrogen-bond acceptors (Lipinski definition) is 3. The molecule has 0 saturated heterocycles. The van der Waals surface area contributed by atoms with Gasteiger partial charge in [-0.05, 0) is 31.4 Å². The Bertz CT molecular complexity index is 533. The van der Waals surface area contributed by atoms with Gasteiger partial charge < -0.3 is 20.3 Å². The maximum Gasteiger partial charge on any atom is 0.315 e. The maximum atomic E-state index is 12.5. The first-order valence-corrected chi connectivity index (χ1v) is 7.56. The number of amides is 3. The summed E-state index contributed by atoms with van der Waals surface area (Å²) in [5, 5.41) is 5.39. The first-order chi connectivity index (χ1) is 10.6. The third-order valence-electron chi connectivity index (χ3n) is 3.68. The van der Waals surface area contributed by atoms with Crippen LogP contribution in [0.2, 0.25) is 0 Å². The molecule has 3 amide bonds. The minimum atomic E-state index is -0.561. The van der Waals surface area contributed by atoms with Crippen LogP contribution in [0.1, 0.15) is 18.9 Å². The molecule has 6 heteroatoms. The standard InChI is InChI=1S/C16H23N3O3/c1-12(18-16(21)17-9-5-11-22-2)15(20)19-10-8-13-6-3-4-7-14(13)19/h3-4,6-7,12H,5,8-11H2,1-2H3,(H2,17,18,21). The van der Waals surface area contributed by atoms with Crippen LogP contribution >= 0.6 is 0 Å². The van der Waals surface area contributed by atoms with Crippen LogP contribution in [0.15, 0.2) is 24.3 Å². The van der Waals surface area contributed by atoms with Gasteiger partial charge in [-0.1, -0.05) is 18.2 Å². The summed E-state index contributed by atoms with van der Waals surface area (Å²) in [5.41, 5.74) is 2.12. The molecule has 22 heavy (non-hydrogen) atoms. The molecule has 1 unspecified atom stereocenters. The van der Waals surface area contributed by atoms with E-state index in [-0.39, 0.29) is 11.9 Å². The van der Waals surface area contributed by atoms with Crippen LogP contribution in [0.5, 0.6) is 0 Å². The molecule has 1 aromatic carbocycles. The number of benzene rings is 1. The van der Waals surface area contributed by atoms with Crippen molar-refractivity contribution in [3.63, 3.8) is 0 Å². The van der Waals surface area contributed by atoms with Crippen molar-refractivity contribution in [2.45, 2.75) is 25.8 Å². The lowest BCUT2D eigenvalue weighted by atomic mass is 10.2. The third-order valence-corrected chi connectivity index (χ3v) is 3.68. The predicted molar refractivity (Wildman–Crippen MR) is 85.0 cm³/mol. The monoisotopic (exact) mass is 305 g/mol. The lowest BCUT2D eigenvalue weighted by Crippen LogP contribution is -2.49.